The maximum absolute atomic E-state index is 5.16. The van der Waals surface area contributed by atoms with Gasteiger partial charge in [-0.15, -0.1) is 0 Å². The quantitative estimate of drug-likeness (QED) is 0.103. The first kappa shape index (κ1) is 84.3. The van der Waals surface area contributed by atoms with Crippen LogP contribution < -0.4 is 0 Å². The van der Waals surface area contributed by atoms with Crippen molar-refractivity contribution in [3.05, 3.63) is 548 Å². The summed E-state index contributed by atoms with van der Waals surface area (Å²) in [5, 5.41) is 2.55. The van der Waals surface area contributed by atoms with Crippen molar-refractivity contribution >= 4 is 10.8 Å². The lowest BCUT2D eigenvalue weighted by molar-refractivity contribution is 0.661. The van der Waals surface area contributed by atoms with Crippen LogP contribution in [0.1, 0.15) is 69.5 Å². The summed E-state index contributed by atoms with van der Waals surface area (Å²) in [6.07, 6.45) is 11.0. The third kappa shape index (κ3) is 14.8. The molecule has 141 heavy (non-hydrogen) atoms. The summed E-state index contributed by atoms with van der Waals surface area (Å²) in [4.78, 5) is 53.4. The number of hydrogen-bond donors (Lipinski definition) is 0. The molecule has 0 saturated heterocycles. The van der Waals surface area contributed by atoms with Gasteiger partial charge in [0.05, 0.1) is 22.2 Å². The van der Waals surface area contributed by atoms with Crippen molar-refractivity contribution < 1.29 is 0 Å². The van der Waals surface area contributed by atoms with Gasteiger partial charge in [0.1, 0.15) is 0 Å². The summed E-state index contributed by atoms with van der Waals surface area (Å²) in [7, 11) is 0. The fourth-order valence-electron chi connectivity index (χ4n) is 21.7. The van der Waals surface area contributed by atoms with E-state index in [-0.39, 0.29) is 10.8 Å². The van der Waals surface area contributed by atoms with Gasteiger partial charge >= 0.3 is 0 Å². The van der Waals surface area contributed by atoms with Gasteiger partial charge in [-0.2, -0.15) is 0 Å². The van der Waals surface area contributed by atoms with Crippen molar-refractivity contribution in [3.8, 4) is 180 Å². The van der Waals surface area contributed by atoms with Crippen LogP contribution in [0.2, 0.25) is 0 Å². The van der Waals surface area contributed by atoms with Crippen molar-refractivity contribution in [1.82, 2.24) is 54.8 Å². The summed E-state index contributed by atoms with van der Waals surface area (Å²) in [5.74, 6) is 4.56. The third-order valence-corrected chi connectivity index (χ3v) is 28.4. The van der Waals surface area contributed by atoms with Gasteiger partial charge in [0.25, 0.3) is 0 Å². The molecule has 17 aromatic carbocycles. The highest BCUT2D eigenvalue weighted by Crippen LogP contribution is 2.64. The molecule has 0 saturated carbocycles. The van der Waals surface area contributed by atoms with Crippen molar-refractivity contribution in [2.75, 3.05) is 0 Å². The van der Waals surface area contributed by atoms with Crippen LogP contribution in [0.15, 0.2) is 492 Å². The third-order valence-electron chi connectivity index (χ3n) is 28.4. The van der Waals surface area contributed by atoms with E-state index in [1.165, 1.54) is 111 Å². The lowest BCUT2D eigenvalue weighted by Crippen LogP contribution is -2.28. The van der Waals surface area contributed by atoms with Gasteiger partial charge in [-0.25, -0.2) is 39.9 Å². The molecule has 23 aromatic rings. The fraction of sp³-hybridized carbons (Fsp3) is 0.0385. The van der Waals surface area contributed by atoms with Gasteiger partial charge in [0.2, 0.25) is 0 Å². The summed E-state index contributed by atoms with van der Waals surface area (Å²) >= 11 is 0. The highest BCUT2D eigenvalue weighted by atomic mass is 15.0. The number of rotatable bonds is 14. The first-order valence-electron chi connectivity index (χ1n) is 47.7. The minimum absolute atomic E-state index is 0.0822. The van der Waals surface area contributed by atoms with Crippen LogP contribution in [0, 0.1) is 0 Å². The smallest absolute Gasteiger partial charge is 0.164 e. The van der Waals surface area contributed by atoms with E-state index in [0.29, 0.717) is 34.9 Å². The molecule has 1 spiro atoms. The number of hydrogen-bond acceptors (Lipinski definition) is 11. The number of nitrogens with zero attached hydrogens (tertiary/aromatic N) is 11. The second-order valence-electron chi connectivity index (χ2n) is 36.7. The van der Waals surface area contributed by atoms with Crippen molar-refractivity contribution in [1.29, 1.82) is 0 Å². The Morgan fingerprint density at radius 1 is 0.170 bits per heavy atom. The van der Waals surface area contributed by atoms with E-state index in [0.717, 1.165) is 101 Å². The van der Waals surface area contributed by atoms with Crippen molar-refractivity contribution in [3.63, 3.8) is 0 Å². The van der Waals surface area contributed by atoms with E-state index in [4.69, 9.17) is 39.9 Å². The van der Waals surface area contributed by atoms with E-state index in [2.05, 4.69) is 399 Å². The van der Waals surface area contributed by atoms with Gasteiger partial charge < -0.3 is 0 Å². The average Bonchev–Trinajstić information content (AvgIpc) is 1.50. The molecule has 0 radical (unpaired) electrons. The van der Waals surface area contributed by atoms with Gasteiger partial charge in [0.15, 0.2) is 40.8 Å². The number of fused-ring (bicyclic) bond motifs is 18. The van der Waals surface area contributed by atoms with Gasteiger partial charge in [-0.3, -0.25) is 15.0 Å². The minimum atomic E-state index is -0.456. The zero-order valence-electron chi connectivity index (χ0n) is 77.2. The van der Waals surface area contributed by atoms with Gasteiger partial charge in [-0.05, 0) is 187 Å². The first-order valence-corrected chi connectivity index (χ1v) is 47.7. The van der Waals surface area contributed by atoms with E-state index in [1.807, 2.05) is 104 Å². The predicted molar refractivity (Wildman–Crippen MR) is 569 cm³/mol. The Bertz CT molecular complexity index is 8350. The Balaban J connectivity index is 0.000000112. The van der Waals surface area contributed by atoms with Crippen LogP contribution in [-0.2, 0) is 16.2 Å². The Kier molecular flexibility index (Phi) is 21.1. The molecular weight excluding hydrogens is 1720 g/mol. The maximum atomic E-state index is 5.16. The molecule has 11 heteroatoms. The predicted octanol–water partition coefficient (Wildman–Crippen LogP) is 30.6. The highest BCUT2D eigenvalue weighted by molar-refractivity contribution is 6.04. The molecule has 4 aliphatic rings. The molecule has 0 atom stereocenters. The van der Waals surface area contributed by atoms with Crippen LogP contribution in [0.3, 0.4) is 0 Å². The maximum Gasteiger partial charge on any atom is 0.164 e. The average molecular weight is 1800 g/mol. The summed E-state index contributed by atoms with van der Waals surface area (Å²) < 4.78 is 0. The largest absolute Gasteiger partial charge is 0.264 e. The van der Waals surface area contributed by atoms with E-state index in [9.17, 15) is 0 Å². The molecule has 6 heterocycles. The van der Waals surface area contributed by atoms with Gasteiger partial charge in [0, 0.05) is 92.7 Å². The summed E-state index contributed by atoms with van der Waals surface area (Å²) in [5.41, 5.74) is 39.2. The molecule has 662 valence electrons. The molecule has 0 bridgehead atoms. The van der Waals surface area contributed by atoms with E-state index < -0.39 is 5.41 Å². The van der Waals surface area contributed by atoms with Crippen molar-refractivity contribution in [2.45, 2.75) is 30.1 Å². The van der Waals surface area contributed by atoms with Crippen LogP contribution in [0.4, 0.5) is 0 Å². The topological polar surface area (TPSA) is 142 Å². The highest BCUT2D eigenvalue weighted by Gasteiger charge is 2.52. The zero-order chi connectivity index (χ0) is 94.0. The normalized spacial score (nSPS) is 12.9. The lowest BCUT2D eigenvalue weighted by Gasteiger charge is -2.33. The molecule has 0 N–H and O–H groups in total. The fourth-order valence-corrected chi connectivity index (χ4v) is 21.7. The van der Waals surface area contributed by atoms with E-state index in [1.54, 1.807) is 18.6 Å². The molecule has 0 amide bonds. The van der Waals surface area contributed by atoms with Crippen molar-refractivity contribution in [2.24, 2.45) is 0 Å². The molecule has 0 aliphatic heterocycles. The summed E-state index contributed by atoms with van der Waals surface area (Å²) in [6.45, 7) is 4.65. The SMILES string of the molecule is CC1(C)c2ccc(-c3nc(-c4ccccc4)cc(-c4ccc(-c5cccnc5)cc4)n3)cc2-c2c1ccc1ccccc21.c1ccc(-c2nc(-c3ccc(-c4cccnc4)cc3)nc(-c3ccc4c(c3)-c3ccccc3C4(c3ccccc3)c3ccccc3)n2)cc1.c1ccc(-c2nc(-c3ccc(-c4cccnc4)cc3)nc(-c3ccc4c(c3)-c3ccccc3C43c4ccccc4-c4ccccc43)n2)cc1. The Labute approximate surface area is 818 Å². The number of pyridine rings is 3. The second-order valence-corrected chi connectivity index (χ2v) is 36.7. The standard InChI is InChI=1S/C45H28N4.C45H30N4.C40H29N3/c1-2-11-30(12-3-1)42-47-43(31-22-20-29(21-23-31)33-13-10-26-46-28-33)49-44(48-42)32-24-25-41-37(27-32)36-16-6-9-19-40(36)45(41)38-17-7-4-14-34(38)35-15-5-8-18-39(35)45;1-4-13-32(14-5-1)42-47-43(33-24-22-31(23-25-33)35-15-12-28-46-30-35)49-44(48-42)34-26-27-41-39(29-34)38-20-10-11-21-40(38)45(41,36-16-6-2-7-17-36)37-18-8-3-9-19-37;1-40(2)34-20-19-30(23-33(34)38-32-13-7-6-9-27(32)18-21-35(38)40)39-42-36(28-10-4-3-5-11-28)24-37(43-39)29-16-14-26(15-17-29)31-12-8-22-41-25-31/h1-28H;1-30H;3-25H,1-2H3. The van der Waals surface area contributed by atoms with Crippen LogP contribution >= 0.6 is 0 Å². The molecule has 6 aromatic heterocycles. The molecule has 4 aliphatic carbocycles. The monoisotopic (exact) mass is 1800 g/mol. The minimum Gasteiger partial charge on any atom is -0.264 e. The number of aromatic nitrogens is 11. The summed E-state index contributed by atoms with van der Waals surface area (Å²) in [6, 6.07) is 161. The van der Waals surface area contributed by atoms with Gasteiger partial charge in [-0.1, -0.05) is 426 Å². The van der Waals surface area contributed by atoms with Crippen LogP contribution in [-0.4, -0.2) is 54.8 Å². The second kappa shape index (κ2) is 35.3. The molecule has 0 fully saturated rings. The molecule has 11 nitrogen and oxygen atoms in total. The Hall–Kier alpha value is -18.5. The first-order chi connectivity index (χ1) is 69.6. The lowest BCUT2D eigenvalue weighted by atomic mass is 9.67. The molecule has 27 rings (SSSR count). The Morgan fingerprint density at radius 3 is 0.858 bits per heavy atom. The zero-order valence-corrected chi connectivity index (χ0v) is 77.2. The molecular formula is C130H87N11. The molecule has 0 unspecified atom stereocenters. The van der Waals surface area contributed by atoms with E-state index >= 15 is 0 Å². The van der Waals surface area contributed by atoms with Crippen LogP contribution in [0.25, 0.3) is 191 Å². The number of benzene rings is 17. The Morgan fingerprint density at radius 2 is 0.447 bits per heavy atom. The van der Waals surface area contributed by atoms with Crippen LogP contribution in [0.5, 0.6) is 0 Å².